The molecule has 1 saturated heterocycles. The van der Waals surface area contributed by atoms with Gasteiger partial charge in [-0.1, -0.05) is 48.5 Å². The second-order valence-corrected chi connectivity index (χ2v) is 9.98. The van der Waals surface area contributed by atoms with Gasteiger partial charge in [0.1, 0.15) is 36.4 Å². The second kappa shape index (κ2) is 10.6. The predicted molar refractivity (Wildman–Crippen MR) is 137 cm³/mol. The molecule has 0 aromatic heterocycles. The second-order valence-electron chi connectivity index (χ2n) is 9.98. The third-order valence-corrected chi connectivity index (χ3v) is 7.23. The number of rotatable bonds is 7. The van der Waals surface area contributed by atoms with Gasteiger partial charge in [0.15, 0.2) is 0 Å². The zero-order valence-corrected chi connectivity index (χ0v) is 20.8. The summed E-state index contributed by atoms with van der Waals surface area (Å²) in [6.45, 7) is 4.44. The zero-order chi connectivity index (χ0) is 25.2. The van der Waals surface area contributed by atoms with Crippen LogP contribution in [0.15, 0.2) is 60.7 Å². The molecule has 1 fully saturated rings. The molecule has 3 aromatic carbocycles. The molecule has 2 heterocycles. The minimum atomic E-state index is -1.03. The minimum absolute atomic E-state index is 0.0208. The highest BCUT2D eigenvalue weighted by Crippen LogP contribution is 2.34. The van der Waals surface area contributed by atoms with Crippen LogP contribution in [0.4, 0.5) is 0 Å². The summed E-state index contributed by atoms with van der Waals surface area (Å²) < 4.78 is 18.0. The molecule has 0 amide bonds. The summed E-state index contributed by atoms with van der Waals surface area (Å²) in [6.07, 6.45) is -1.29. The van der Waals surface area contributed by atoms with Gasteiger partial charge in [0.25, 0.3) is 0 Å². The number of benzene rings is 3. The molecule has 190 valence electrons. The van der Waals surface area contributed by atoms with Gasteiger partial charge in [-0.3, -0.25) is 0 Å². The number of hydrogen-bond acceptors (Lipinski definition) is 6. The van der Waals surface area contributed by atoms with E-state index >= 15 is 0 Å². The number of aliphatic hydroxyl groups is 3. The molecule has 5 rings (SSSR count). The van der Waals surface area contributed by atoms with E-state index in [1.165, 1.54) is 5.56 Å². The molecule has 6 nitrogen and oxygen atoms in total. The lowest BCUT2D eigenvalue weighted by Crippen LogP contribution is -2.44. The monoisotopic (exact) mass is 490 g/mol. The van der Waals surface area contributed by atoms with E-state index in [2.05, 4.69) is 44.2 Å². The van der Waals surface area contributed by atoms with Crippen molar-refractivity contribution in [3.63, 3.8) is 0 Å². The Bertz CT molecular complexity index is 1190. The first-order valence-electron chi connectivity index (χ1n) is 12.6. The summed E-state index contributed by atoms with van der Waals surface area (Å²) in [5.74, 6) is 1.80. The molecule has 3 N–H and O–H groups in total. The van der Waals surface area contributed by atoms with Gasteiger partial charge >= 0.3 is 0 Å². The SMILES string of the molecule is Cc1ccc([C@@H]2O[C@H](CO)C[C@H](O)[C@H]2O)cc1Cc1ccc(OCC2Cc3cccc(C)c3O2)cc1. The van der Waals surface area contributed by atoms with Crippen LogP contribution in [0.2, 0.25) is 0 Å². The third-order valence-electron chi connectivity index (χ3n) is 7.23. The number of fused-ring (bicyclic) bond motifs is 1. The highest BCUT2D eigenvalue weighted by Gasteiger charge is 2.37. The number of hydrogen-bond donors (Lipinski definition) is 3. The lowest BCUT2D eigenvalue weighted by atomic mass is 9.90. The van der Waals surface area contributed by atoms with Gasteiger partial charge in [0, 0.05) is 12.8 Å². The van der Waals surface area contributed by atoms with Crippen molar-refractivity contribution in [3.8, 4) is 11.5 Å². The van der Waals surface area contributed by atoms with E-state index in [9.17, 15) is 15.3 Å². The Hall–Kier alpha value is -2.90. The molecule has 2 aliphatic heterocycles. The molecule has 2 aliphatic rings. The largest absolute Gasteiger partial charge is 0.490 e. The molecule has 36 heavy (non-hydrogen) atoms. The molecule has 0 radical (unpaired) electrons. The first kappa shape index (κ1) is 24.8. The summed E-state index contributed by atoms with van der Waals surface area (Å²) in [6, 6.07) is 20.3. The van der Waals surface area contributed by atoms with Crippen molar-refractivity contribution in [1.82, 2.24) is 0 Å². The summed E-state index contributed by atoms with van der Waals surface area (Å²) in [5, 5.41) is 30.2. The number of ether oxygens (including phenoxy) is 3. The molecular formula is C30H34O6. The fourth-order valence-electron chi connectivity index (χ4n) is 5.11. The standard InChI is InChI=1S/C30H34O6/c1-18-6-9-22(30-28(33)27(32)15-25(16-31)35-30)13-23(18)12-20-7-10-24(11-8-20)34-17-26-14-21-5-3-4-19(2)29(21)36-26/h3-11,13,25-28,30-33H,12,14-17H2,1-2H3/t25-,26?,27-,28+,30-/m0/s1. The number of para-hydroxylation sites is 1. The van der Waals surface area contributed by atoms with Crippen LogP contribution in [0.3, 0.4) is 0 Å². The Morgan fingerprint density at radius 2 is 1.75 bits per heavy atom. The van der Waals surface area contributed by atoms with Gasteiger partial charge in [-0.05, 0) is 65.8 Å². The first-order chi connectivity index (χ1) is 17.4. The molecule has 0 bridgehead atoms. The Morgan fingerprint density at radius 1 is 0.944 bits per heavy atom. The number of aliphatic hydroxyl groups excluding tert-OH is 3. The van der Waals surface area contributed by atoms with E-state index in [1.54, 1.807) is 0 Å². The first-order valence-corrected chi connectivity index (χ1v) is 12.6. The van der Waals surface area contributed by atoms with Crippen LogP contribution in [-0.2, 0) is 17.6 Å². The maximum atomic E-state index is 10.5. The normalized spacial score (nSPS) is 25.3. The molecule has 6 heteroatoms. The summed E-state index contributed by atoms with van der Waals surface area (Å²) in [7, 11) is 0. The summed E-state index contributed by atoms with van der Waals surface area (Å²) >= 11 is 0. The molecule has 3 aromatic rings. The van der Waals surface area contributed by atoms with Gasteiger partial charge in [-0.15, -0.1) is 0 Å². The van der Waals surface area contributed by atoms with Crippen LogP contribution in [0.25, 0.3) is 0 Å². The van der Waals surface area contributed by atoms with Crippen molar-refractivity contribution >= 4 is 0 Å². The van der Waals surface area contributed by atoms with E-state index in [0.717, 1.165) is 52.2 Å². The maximum Gasteiger partial charge on any atom is 0.137 e. The van der Waals surface area contributed by atoms with Gasteiger partial charge in [0.05, 0.1) is 18.8 Å². The van der Waals surface area contributed by atoms with Crippen LogP contribution < -0.4 is 9.47 Å². The molecule has 0 spiro atoms. The predicted octanol–water partition coefficient (Wildman–Crippen LogP) is 3.82. The van der Waals surface area contributed by atoms with Gasteiger partial charge in [0.2, 0.25) is 0 Å². The van der Waals surface area contributed by atoms with Crippen molar-refractivity contribution in [2.45, 2.75) is 63.6 Å². The van der Waals surface area contributed by atoms with E-state index in [4.69, 9.17) is 14.2 Å². The Morgan fingerprint density at radius 3 is 2.50 bits per heavy atom. The quantitative estimate of drug-likeness (QED) is 0.467. The Labute approximate surface area is 212 Å². The number of aryl methyl sites for hydroxylation is 2. The summed E-state index contributed by atoms with van der Waals surface area (Å²) in [4.78, 5) is 0. The van der Waals surface area contributed by atoms with Crippen molar-refractivity contribution < 1.29 is 29.5 Å². The third kappa shape index (κ3) is 5.27. The van der Waals surface area contributed by atoms with E-state index in [1.807, 2.05) is 30.3 Å². The van der Waals surface area contributed by atoms with Crippen LogP contribution in [0.5, 0.6) is 11.5 Å². The van der Waals surface area contributed by atoms with E-state index in [0.29, 0.717) is 6.61 Å². The molecule has 1 unspecified atom stereocenters. The van der Waals surface area contributed by atoms with E-state index in [-0.39, 0.29) is 19.1 Å². The van der Waals surface area contributed by atoms with Crippen molar-refractivity contribution in [3.05, 3.63) is 94.0 Å². The lowest BCUT2D eigenvalue weighted by molar-refractivity contribution is -0.179. The molecule has 0 aliphatic carbocycles. The average Bonchev–Trinajstić information content (AvgIpc) is 3.31. The lowest BCUT2D eigenvalue weighted by Gasteiger charge is -2.37. The fourth-order valence-corrected chi connectivity index (χ4v) is 5.11. The van der Waals surface area contributed by atoms with Crippen LogP contribution in [0.1, 0.15) is 45.9 Å². The van der Waals surface area contributed by atoms with Crippen LogP contribution in [-0.4, -0.2) is 52.9 Å². The van der Waals surface area contributed by atoms with Crippen LogP contribution in [0, 0.1) is 13.8 Å². The smallest absolute Gasteiger partial charge is 0.137 e. The molecule has 5 atom stereocenters. The Balaban J connectivity index is 1.21. The van der Waals surface area contributed by atoms with Gasteiger partial charge < -0.3 is 29.5 Å². The Kier molecular flexibility index (Phi) is 7.30. The highest BCUT2D eigenvalue weighted by molar-refractivity contribution is 5.44. The van der Waals surface area contributed by atoms with Gasteiger partial charge in [-0.2, -0.15) is 0 Å². The summed E-state index contributed by atoms with van der Waals surface area (Å²) in [5.41, 5.74) is 6.59. The zero-order valence-electron chi connectivity index (χ0n) is 20.8. The highest BCUT2D eigenvalue weighted by atomic mass is 16.5. The maximum absolute atomic E-state index is 10.5. The van der Waals surface area contributed by atoms with Crippen molar-refractivity contribution in [1.29, 1.82) is 0 Å². The molecule has 0 saturated carbocycles. The van der Waals surface area contributed by atoms with E-state index < -0.39 is 24.4 Å². The van der Waals surface area contributed by atoms with Crippen molar-refractivity contribution in [2.24, 2.45) is 0 Å². The van der Waals surface area contributed by atoms with Gasteiger partial charge in [-0.25, -0.2) is 0 Å². The van der Waals surface area contributed by atoms with Crippen LogP contribution >= 0.6 is 0 Å². The molecular weight excluding hydrogens is 456 g/mol. The topological polar surface area (TPSA) is 88.4 Å². The average molecular weight is 491 g/mol. The fraction of sp³-hybridized carbons (Fsp3) is 0.400. The van der Waals surface area contributed by atoms with Crippen molar-refractivity contribution in [2.75, 3.05) is 13.2 Å². The minimum Gasteiger partial charge on any atom is -0.490 e.